The van der Waals surface area contributed by atoms with Gasteiger partial charge in [0.25, 0.3) is 0 Å². The SMILES string of the molecule is C=C(C)[C@@H]1CC[C@]2(C(=O)OC)CC[C@]3(C)[C@H](CC[C@@H]4[C@@]5(C)C/C(=C\c6ccc(OCC)cc6)C(=O)C(C)(C)[C@@H]5CC[C@]43C)[C@H]12. The molecule has 0 heterocycles. The van der Waals surface area contributed by atoms with E-state index in [1.54, 1.807) is 7.11 Å². The molecule has 5 aliphatic carbocycles. The fourth-order valence-corrected chi connectivity index (χ4v) is 12.7. The summed E-state index contributed by atoms with van der Waals surface area (Å²) in [6, 6.07) is 8.19. The molecule has 44 heavy (non-hydrogen) atoms. The lowest BCUT2D eigenvalue weighted by atomic mass is 9.32. The molecule has 5 fully saturated rings. The van der Waals surface area contributed by atoms with Crippen molar-refractivity contribution >= 4 is 17.8 Å². The Bertz CT molecular complexity index is 1370. The summed E-state index contributed by atoms with van der Waals surface area (Å²) in [6.45, 7) is 21.5. The van der Waals surface area contributed by atoms with Gasteiger partial charge in [-0.15, -0.1) is 0 Å². The Kier molecular flexibility index (Phi) is 7.61. The summed E-state index contributed by atoms with van der Waals surface area (Å²) in [5, 5.41) is 0. The van der Waals surface area contributed by atoms with Crippen molar-refractivity contribution in [1.29, 1.82) is 0 Å². The molecule has 0 saturated heterocycles. The van der Waals surface area contributed by atoms with Gasteiger partial charge >= 0.3 is 5.97 Å². The highest BCUT2D eigenvalue weighted by Gasteiger charge is 2.72. The molecule has 0 radical (unpaired) electrons. The van der Waals surface area contributed by atoms with Crippen LogP contribution in [-0.2, 0) is 14.3 Å². The summed E-state index contributed by atoms with van der Waals surface area (Å²) in [6.07, 6.45) is 11.6. The Morgan fingerprint density at radius 1 is 0.932 bits per heavy atom. The van der Waals surface area contributed by atoms with Crippen LogP contribution in [0.1, 0.15) is 112 Å². The van der Waals surface area contributed by atoms with Crippen molar-refractivity contribution in [3.05, 3.63) is 47.6 Å². The van der Waals surface area contributed by atoms with Gasteiger partial charge in [0.2, 0.25) is 0 Å². The van der Waals surface area contributed by atoms with E-state index in [4.69, 9.17) is 9.47 Å². The van der Waals surface area contributed by atoms with Gasteiger partial charge in [0.15, 0.2) is 5.78 Å². The van der Waals surface area contributed by atoms with Crippen LogP contribution in [0.25, 0.3) is 6.08 Å². The number of esters is 1. The zero-order chi connectivity index (χ0) is 31.9. The number of hydrogen-bond acceptors (Lipinski definition) is 4. The molecule has 0 aromatic heterocycles. The number of allylic oxidation sites excluding steroid dienone is 2. The minimum atomic E-state index is -0.397. The Labute approximate surface area is 266 Å². The fraction of sp³-hybridized carbons (Fsp3) is 0.700. The zero-order valence-electron chi connectivity index (χ0n) is 28.7. The van der Waals surface area contributed by atoms with E-state index in [0.717, 1.165) is 68.3 Å². The Balaban J connectivity index is 1.38. The zero-order valence-corrected chi connectivity index (χ0v) is 28.7. The molecule has 1 aromatic carbocycles. The van der Waals surface area contributed by atoms with Gasteiger partial charge in [0, 0.05) is 5.41 Å². The maximum atomic E-state index is 14.2. The molecule has 6 rings (SSSR count). The number of methoxy groups -OCH3 is 1. The second-order valence-electron chi connectivity index (χ2n) is 16.7. The average Bonchev–Trinajstić information content (AvgIpc) is 3.38. The van der Waals surface area contributed by atoms with Gasteiger partial charge in [-0.05, 0) is 147 Å². The Hall–Kier alpha value is -2.36. The van der Waals surface area contributed by atoms with Crippen LogP contribution in [0.2, 0.25) is 0 Å². The Morgan fingerprint density at radius 3 is 2.27 bits per heavy atom. The van der Waals surface area contributed by atoms with Crippen LogP contribution in [0.15, 0.2) is 42.0 Å². The van der Waals surface area contributed by atoms with E-state index in [1.807, 2.05) is 19.1 Å². The molecule has 0 N–H and O–H groups in total. The smallest absolute Gasteiger partial charge is 0.312 e. The minimum Gasteiger partial charge on any atom is -0.494 e. The van der Waals surface area contributed by atoms with Gasteiger partial charge in [0.05, 0.1) is 19.1 Å². The first-order chi connectivity index (χ1) is 20.7. The van der Waals surface area contributed by atoms with Crippen molar-refractivity contribution in [3.63, 3.8) is 0 Å². The molecule has 0 unspecified atom stereocenters. The summed E-state index contributed by atoms with van der Waals surface area (Å²) in [4.78, 5) is 27.7. The fourth-order valence-electron chi connectivity index (χ4n) is 12.7. The lowest BCUT2D eigenvalue weighted by molar-refractivity contribution is -0.232. The topological polar surface area (TPSA) is 52.6 Å². The van der Waals surface area contributed by atoms with E-state index >= 15 is 0 Å². The maximum Gasteiger partial charge on any atom is 0.312 e. The predicted octanol–water partition coefficient (Wildman–Crippen LogP) is 9.48. The van der Waals surface area contributed by atoms with Crippen LogP contribution in [0.4, 0.5) is 0 Å². The largest absolute Gasteiger partial charge is 0.494 e. The average molecular weight is 601 g/mol. The summed E-state index contributed by atoms with van der Waals surface area (Å²) < 4.78 is 11.2. The van der Waals surface area contributed by atoms with E-state index in [1.165, 1.54) is 12.0 Å². The lowest BCUT2D eigenvalue weighted by Gasteiger charge is -2.72. The number of hydrogen-bond donors (Lipinski definition) is 0. The molecule has 0 spiro atoms. The highest BCUT2D eigenvalue weighted by atomic mass is 16.5. The van der Waals surface area contributed by atoms with Crippen molar-refractivity contribution in [2.24, 2.45) is 56.7 Å². The molecule has 4 heteroatoms. The van der Waals surface area contributed by atoms with Crippen LogP contribution in [0, 0.1) is 56.7 Å². The molecule has 1 aromatic rings. The van der Waals surface area contributed by atoms with Crippen LogP contribution < -0.4 is 4.74 Å². The third kappa shape index (κ3) is 4.20. The number of ketones is 1. The molecule has 5 saturated carbocycles. The summed E-state index contributed by atoms with van der Waals surface area (Å²) in [5.74, 6) is 3.30. The number of carbonyl (C=O) groups excluding carboxylic acids is 2. The predicted molar refractivity (Wildman–Crippen MR) is 177 cm³/mol. The standard InChI is InChI=1S/C40H56O4/c1-10-44-28-13-11-26(12-14-28)23-27-24-37(6)31(36(4,5)34(27)41)18-19-39(8)32(37)16-15-30-33-29(25(2)3)17-20-40(33,35(42)43-9)22-21-38(30,39)7/h11-14,23,29-33H,2,10,15-22,24H2,1,3-9H3/b27-23+/t29-,30+,31-,32+,33-,37-,38+,39+,40-/m0/s1. The molecule has 0 amide bonds. The quantitative estimate of drug-likeness (QED) is 0.192. The molecule has 5 aliphatic rings. The van der Waals surface area contributed by atoms with Crippen LogP contribution in [-0.4, -0.2) is 25.5 Å². The highest BCUT2D eigenvalue weighted by molar-refractivity contribution is 6.04. The van der Waals surface area contributed by atoms with Gasteiger partial charge < -0.3 is 9.47 Å². The molecule has 9 atom stereocenters. The normalized spacial score (nSPS) is 43.3. The van der Waals surface area contributed by atoms with Crippen molar-refractivity contribution in [2.45, 2.75) is 106 Å². The van der Waals surface area contributed by atoms with E-state index in [-0.39, 0.29) is 27.6 Å². The molecule has 240 valence electrons. The lowest BCUT2D eigenvalue weighted by Crippen LogP contribution is -2.67. The third-order valence-electron chi connectivity index (χ3n) is 14.8. The summed E-state index contributed by atoms with van der Waals surface area (Å²) in [5.41, 5.74) is 2.86. The first kappa shape index (κ1) is 31.6. The molecule has 4 nitrogen and oxygen atoms in total. The van der Waals surface area contributed by atoms with Crippen molar-refractivity contribution in [2.75, 3.05) is 13.7 Å². The van der Waals surface area contributed by atoms with Gasteiger partial charge in [-0.1, -0.05) is 58.9 Å². The van der Waals surface area contributed by atoms with Crippen LogP contribution in [0.3, 0.4) is 0 Å². The molecule has 0 bridgehead atoms. The third-order valence-corrected chi connectivity index (χ3v) is 14.8. The second-order valence-corrected chi connectivity index (χ2v) is 16.7. The van der Waals surface area contributed by atoms with Gasteiger partial charge in [-0.3, -0.25) is 9.59 Å². The number of Topliss-reactive ketones (excluding diaryl/α,β-unsaturated/α-hetero) is 1. The maximum absolute atomic E-state index is 14.2. The second kappa shape index (κ2) is 10.6. The van der Waals surface area contributed by atoms with E-state index in [2.05, 4.69) is 66.3 Å². The molecular weight excluding hydrogens is 544 g/mol. The minimum absolute atomic E-state index is 0.0212. The first-order valence-corrected chi connectivity index (χ1v) is 17.4. The number of ether oxygens (including phenoxy) is 2. The molecular formula is C40H56O4. The van der Waals surface area contributed by atoms with Crippen molar-refractivity contribution < 1.29 is 19.1 Å². The Morgan fingerprint density at radius 2 is 1.64 bits per heavy atom. The summed E-state index contributed by atoms with van der Waals surface area (Å²) >= 11 is 0. The number of rotatable bonds is 5. The number of carbonyl (C=O) groups is 2. The van der Waals surface area contributed by atoms with Crippen LogP contribution in [0.5, 0.6) is 5.75 Å². The first-order valence-electron chi connectivity index (χ1n) is 17.4. The highest BCUT2D eigenvalue weighted by Crippen LogP contribution is 2.77. The molecule has 0 aliphatic heterocycles. The number of fused-ring (bicyclic) bond motifs is 7. The number of benzene rings is 1. The van der Waals surface area contributed by atoms with Crippen molar-refractivity contribution in [3.8, 4) is 5.75 Å². The summed E-state index contributed by atoms with van der Waals surface area (Å²) in [7, 11) is 1.58. The van der Waals surface area contributed by atoms with Gasteiger partial charge in [-0.2, -0.15) is 0 Å². The van der Waals surface area contributed by atoms with E-state index < -0.39 is 5.41 Å². The van der Waals surface area contributed by atoms with E-state index in [0.29, 0.717) is 42.0 Å². The van der Waals surface area contributed by atoms with Gasteiger partial charge in [-0.25, -0.2) is 0 Å². The monoisotopic (exact) mass is 600 g/mol. The van der Waals surface area contributed by atoms with Gasteiger partial charge in [0.1, 0.15) is 5.75 Å². The van der Waals surface area contributed by atoms with E-state index in [9.17, 15) is 9.59 Å². The van der Waals surface area contributed by atoms with Crippen molar-refractivity contribution in [1.82, 2.24) is 0 Å². The van der Waals surface area contributed by atoms with Crippen LogP contribution >= 0.6 is 0 Å².